The summed E-state index contributed by atoms with van der Waals surface area (Å²) in [5.41, 5.74) is -5.21. The predicted octanol–water partition coefficient (Wildman–Crippen LogP) is 7.03. The van der Waals surface area contributed by atoms with E-state index in [1.165, 1.54) is 6.20 Å². The van der Waals surface area contributed by atoms with Gasteiger partial charge in [-0.2, -0.15) is 0 Å². The van der Waals surface area contributed by atoms with Crippen molar-refractivity contribution in [1.82, 2.24) is 16.0 Å². The molecule has 0 fully saturated rings. The second kappa shape index (κ2) is 22.0. The highest BCUT2D eigenvalue weighted by molar-refractivity contribution is 5.83. The summed E-state index contributed by atoms with van der Waals surface area (Å²) in [4.78, 5) is 79.1. The molecule has 354 valence electrons. The molecule has 0 unspecified atom stereocenters. The topological polar surface area (TPSA) is 218 Å². The molecule has 0 saturated carbocycles. The minimum Gasteiger partial charge on any atom is -0.503 e. The molecule has 0 aliphatic rings. The standard InChI is InChI=1S/C45H76N4O13/c1-40(2,3)57-34(51)30(46-37(54)60-43(10,11)12)21-19-20-24-49-26-28(22-23-31(35(52)58-41(4,5)6)47-38(55)61-44(13,14)15)29(33(50)27-49)25-32(36(53)59-42(7,8)9)48-39(56)62-45(16,17)18/h26-27,30-32H,19-25H2,1-18H3,(H3-,46,47,48,50,54,55,56)/p+1/t30-,31-,32-/m0/s1/i24+1D2. The number of carbonyl (C=O) groups excluding carboxylic acids is 6. The monoisotopic (exact) mass is 885 g/mol. The van der Waals surface area contributed by atoms with Crippen LogP contribution in [0, 0.1) is 0 Å². The molecule has 1 aromatic heterocycles. The van der Waals surface area contributed by atoms with Crippen LogP contribution < -0.4 is 20.5 Å². The van der Waals surface area contributed by atoms with Crippen molar-refractivity contribution in [3.8, 4) is 5.75 Å². The van der Waals surface area contributed by atoms with E-state index < -0.39 is 100 Å². The van der Waals surface area contributed by atoms with E-state index in [-0.39, 0.29) is 49.7 Å². The van der Waals surface area contributed by atoms with Gasteiger partial charge in [-0.05, 0) is 150 Å². The Hall–Kier alpha value is -4.83. The summed E-state index contributed by atoms with van der Waals surface area (Å²) < 4.78 is 52.3. The first kappa shape index (κ1) is 51.5. The van der Waals surface area contributed by atoms with Gasteiger partial charge in [-0.15, -0.1) is 0 Å². The zero-order valence-electron chi connectivity index (χ0n) is 42.4. The summed E-state index contributed by atoms with van der Waals surface area (Å²) in [6, 6.07) is -3.90. The lowest BCUT2D eigenvalue weighted by Crippen LogP contribution is -2.47. The summed E-state index contributed by atoms with van der Waals surface area (Å²) in [7, 11) is 0. The fourth-order valence-electron chi connectivity index (χ4n) is 5.38. The summed E-state index contributed by atoms with van der Waals surface area (Å²) >= 11 is 0. The molecular formula is C45H77N4O13+. The number of carbonyl (C=O) groups is 6. The maximum absolute atomic E-state index is 13.6. The van der Waals surface area contributed by atoms with E-state index in [1.807, 2.05) is 0 Å². The van der Waals surface area contributed by atoms with Crippen LogP contribution in [0.15, 0.2) is 12.4 Å². The Kier molecular flexibility index (Phi) is 18.3. The Balaban J connectivity index is 3.86. The van der Waals surface area contributed by atoms with Crippen LogP contribution in [0.3, 0.4) is 0 Å². The van der Waals surface area contributed by atoms with E-state index >= 15 is 0 Å². The lowest BCUT2D eigenvalue weighted by atomic mass is 9.96. The molecule has 1 aromatic rings. The van der Waals surface area contributed by atoms with Crippen LogP contribution in [-0.4, -0.2) is 93.0 Å². The molecule has 0 radical (unpaired) electrons. The summed E-state index contributed by atoms with van der Waals surface area (Å²) in [6.07, 6.45) is -1.10. The lowest BCUT2D eigenvalue weighted by molar-refractivity contribution is -0.698. The SMILES string of the molecule is [2H][13C]([2H])(CCC[C@H](NC(=O)OC(C)(C)C)C(=O)OC(C)(C)C)[n+]1cc(O)c(C[C@H](NC(=O)OC(C)(C)C)C(=O)OC(C)(C)C)c(CC[C@H](NC(=O)OC(C)(C)C)C(=O)OC(C)(C)C)c1. The number of rotatable bonds is 16. The molecule has 0 aromatic carbocycles. The first-order valence-corrected chi connectivity index (χ1v) is 21.0. The van der Waals surface area contributed by atoms with E-state index in [2.05, 4.69) is 16.0 Å². The van der Waals surface area contributed by atoms with Crippen LogP contribution in [-0.2, 0) is 62.1 Å². The van der Waals surface area contributed by atoms with Gasteiger partial charge in [0.2, 0.25) is 6.20 Å². The van der Waals surface area contributed by atoms with Gasteiger partial charge in [0.05, 0.1) is 0 Å². The fraction of sp³-hybridized carbons (Fsp3) is 0.756. The van der Waals surface area contributed by atoms with E-state index in [0.717, 1.165) is 10.8 Å². The lowest BCUT2D eigenvalue weighted by Gasteiger charge is -2.27. The third kappa shape index (κ3) is 24.6. The average molecular weight is 885 g/mol. The first-order chi connectivity index (χ1) is 28.5. The second-order valence-corrected chi connectivity index (χ2v) is 21.0. The van der Waals surface area contributed by atoms with Gasteiger partial charge >= 0.3 is 36.2 Å². The Bertz CT molecular complexity index is 1800. The van der Waals surface area contributed by atoms with Crippen LogP contribution in [0.5, 0.6) is 5.75 Å². The molecule has 3 amide bonds. The minimum atomic E-state index is -2.26. The highest BCUT2D eigenvalue weighted by Gasteiger charge is 2.34. The number of aromatic nitrogens is 1. The number of pyridine rings is 1. The van der Waals surface area contributed by atoms with Gasteiger partial charge < -0.3 is 49.5 Å². The smallest absolute Gasteiger partial charge is 0.408 e. The summed E-state index contributed by atoms with van der Waals surface area (Å²) in [6.45, 7) is 27.6. The fourth-order valence-corrected chi connectivity index (χ4v) is 5.38. The molecule has 3 atom stereocenters. The van der Waals surface area contributed by atoms with E-state index in [9.17, 15) is 33.9 Å². The van der Waals surface area contributed by atoms with Crippen molar-refractivity contribution >= 4 is 36.2 Å². The molecule has 1 heterocycles. The molecule has 17 nitrogen and oxygen atoms in total. The maximum Gasteiger partial charge on any atom is 0.408 e. The van der Waals surface area contributed by atoms with E-state index in [0.29, 0.717) is 0 Å². The molecule has 0 spiro atoms. The number of alkyl carbamates (subject to hydrolysis) is 3. The highest BCUT2D eigenvalue weighted by atomic mass is 16.6. The number of hydrogen-bond donors (Lipinski definition) is 4. The van der Waals surface area contributed by atoms with Crippen molar-refractivity contribution in [3.63, 3.8) is 0 Å². The molecule has 0 aliphatic heterocycles. The predicted molar refractivity (Wildman–Crippen MR) is 231 cm³/mol. The second-order valence-electron chi connectivity index (χ2n) is 21.0. The number of aromatic hydroxyl groups is 1. The Morgan fingerprint density at radius 2 is 0.871 bits per heavy atom. The minimum absolute atomic E-state index is 0.0264. The van der Waals surface area contributed by atoms with Gasteiger partial charge in [-0.1, -0.05) is 0 Å². The molecular weight excluding hydrogens is 806 g/mol. The van der Waals surface area contributed by atoms with Crippen molar-refractivity contribution in [3.05, 3.63) is 23.5 Å². The number of hydrogen-bond acceptors (Lipinski definition) is 13. The maximum atomic E-state index is 13.6. The van der Waals surface area contributed by atoms with Crippen molar-refractivity contribution in [1.29, 1.82) is 0 Å². The van der Waals surface area contributed by atoms with Gasteiger partial charge in [0.15, 0.2) is 11.9 Å². The van der Waals surface area contributed by atoms with Gasteiger partial charge in [0.1, 0.15) is 61.0 Å². The molecule has 62 heavy (non-hydrogen) atoms. The van der Waals surface area contributed by atoms with Crippen molar-refractivity contribution in [2.45, 2.75) is 221 Å². The molecule has 17 heteroatoms. The van der Waals surface area contributed by atoms with Gasteiger partial charge in [0, 0.05) is 24.0 Å². The summed E-state index contributed by atoms with van der Waals surface area (Å²) in [5, 5.41) is 19.3. The largest absolute Gasteiger partial charge is 0.503 e. The highest BCUT2D eigenvalue weighted by Crippen LogP contribution is 2.25. The average Bonchev–Trinajstić information content (AvgIpc) is 3.01. The molecule has 1 rings (SSSR count). The van der Waals surface area contributed by atoms with Crippen molar-refractivity contribution < 1.29 is 69.6 Å². The normalized spacial score (nSPS) is 14.7. The Labute approximate surface area is 371 Å². The number of ether oxygens (including phenoxy) is 6. The van der Waals surface area contributed by atoms with Crippen molar-refractivity contribution in [2.24, 2.45) is 0 Å². The molecule has 4 N–H and O–H groups in total. The quantitative estimate of drug-likeness (QED) is 0.0568. The molecule has 0 aliphatic carbocycles. The zero-order valence-corrected chi connectivity index (χ0v) is 40.4. The number of nitrogens with zero attached hydrogens (tertiary/aromatic N) is 1. The zero-order chi connectivity index (χ0) is 50.0. The number of amides is 3. The van der Waals surface area contributed by atoms with E-state index in [4.69, 9.17) is 31.2 Å². The van der Waals surface area contributed by atoms with Crippen LogP contribution in [0.2, 0.25) is 0 Å². The molecule has 0 bridgehead atoms. The third-order valence-electron chi connectivity index (χ3n) is 7.47. The number of esters is 3. The van der Waals surface area contributed by atoms with Gasteiger partial charge in [0.25, 0.3) is 0 Å². The Morgan fingerprint density at radius 1 is 0.532 bits per heavy atom. The molecule has 0 saturated heterocycles. The van der Waals surface area contributed by atoms with Crippen LogP contribution >= 0.6 is 0 Å². The van der Waals surface area contributed by atoms with Crippen LogP contribution in [0.25, 0.3) is 0 Å². The number of nitrogens with one attached hydrogen (secondary N) is 3. The Morgan fingerprint density at radius 3 is 1.24 bits per heavy atom. The van der Waals surface area contributed by atoms with Crippen LogP contribution in [0.4, 0.5) is 14.4 Å². The number of aryl methyl sites for hydroxylation is 2. The van der Waals surface area contributed by atoms with E-state index in [1.54, 1.807) is 125 Å². The third-order valence-corrected chi connectivity index (χ3v) is 7.47. The first-order valence-electron chi connectivity index (χ1n) is 22.0. The van der Waals surface area contributed by atoms with Crippen molar-refractivity contribution in [2.75, 3.05) is 0 Å². The van der Waals surface area contributed by atoms with Gasteiger partial charge in [-0.25, -0.2) is 33.3 Å². The summed E-state index contributed by atoms with van der Waals surface area (Å²) in [5.74, 6) is -2.86. The van der Waals surface area contributed by atoms with Crippen LogP contribution in [0.1, 0.15) is 164 Å². The van der Waals surface area contributed by atoms with Gasteiger partial charge in [-0.3, -0.25) is 0 Å².